The van der Waals surface area contributed by atoms with E-state index in [-0.39, 0.29) is 6.04 Å². The van der Waals surface area contributed by atoms with Gasteiger partial charge in [-0.15, -0.1) is 0 Å². The monoisotopic (exact) mass is 157 g/mol. The van der Waals surface area contributed by atoms with Crippen molar-refractivity contribution in [3.8, 4) is 5.88 Å². The maximum atomic E-state index is 5.67. The Bertz CT molecular complexity index is 223. The van der Waals surface area contributed by atoms with Gasteiger partial charge in [0.2, 0.25) is 0 Å². The number of nitrogens with two attached hydrogens (primary N) is 1. The third-order valence-corrected chi connectivity index (χ3v) is 1.47. The highest BCUT2D eigenvalue weighted by Crippen LogP contribution is 2.20. The van der Waals surface area contributed by atoms with Crippen LogP contribution in [0.5, 0.6) is 5.88 Å². The normalized spacial score (nSPS) is 13.0. The number of nitrogens with zero attached hydrogens (tertiary/aromatic N) is 2. The topological polar surface area (TPSA) is 74.2 Å². The van der Waals surface area contributed by atoms with Gasteiger partial charge in [-0.2, -0.15) is 0 Å². The van der Waals surface area contributed by atoms with Gasteiger partial charge in [0.05, 0.1) is 13.2 Å². The minimum atomic E-state index is -0.156. The third-order valence-electron chi connectivity index (χ3n) is 1.47. The van der Waals surface area contributed by atoms with Crippen LogP contribution < -0.4 is 10.5 Å². The van der Waals surface area contributed by atoms with Crippen LogP contribution in [0.2, 0.25) is 0 Å². The molecule has 0 fully saturated rings. The van der Waals surface area contributed by atoms with Crippen LogP contribution in [0.15, 0.2) is 4.63 Å². The summed E-state index contributed by atoms with van der Waals surface area (Å²) in [6.07, 6.45) is 0.782. The Labute approximate surface area is 64.5 Å². The molecule has 0 bridgehead atoms. The molecule has 0 aliphatic heterocycles. The molecule has 62 valence electrons. The molecular formula is C6H11N3O2. The van der Waals surface area contributed by atoms with Crippen LogP contribution in [0.1, 0.15) is 25.1 Å². The molecule has 0 aliphatic rings. The van der Waals surface area contributed by atoms with Crippen LogP contribution in [0.4, 0.5) is 0 Å². The van der Waals surface area contributed by atoms with Gasteiger partial charge in [-0.3, -0.25) is 0 Å². The summed E-state index contributed by atoms with van der Waals surface area (Å²) in [5.74, 6) is 0.374. The molecule has 0 saturated heterocycles. The molecule has 1 unspecified atom stereocenters. The lowest BCUT2D eigenvalue weighted by Gasteiger charge is -2.03. The summed E-state index contributed by atoms with van der Waals surface area (Å²) in [4.78, 5) is 0. The van der Waals surface area contributed by atoms with Crippen LogP contribution >= 0.6 is 0 Å². The number of hydrogen-bond acceptors (Lipinski definition) is 5. The van der Waals surface area contributed by atoms with E-state index in [2.05, 4.69) is 14.9 Å². The molecule has 0 radical (unpaired) electrons. The lowest BCUT2D eigenvalue weighted by Crippen LogP contribution is -2.10. The second-order valence-corrected chi connectivity index (χ2v) is 2.17. The van der Waals surface area contributed by atoms with Crippen molar-refractivity contribution in [2.75, 3.05) is 7.11 Å². The predicted molar refractivity (Wildman–Crippen MR) is 38.1 cm³/mol. The summed E-state index contributed by atoms with van der Waals surface area (Å²) in [7, 11) is 1.51. The lowest BCUT2D eigenvalue weighted by atomic mass is 10.2. The van der Waals surface area contributed by atoms with Crippen LogP contribution in [0.3, 0.4) is 0 Å². The average molecular weight is 157 g/mol. The molecule has 11 heavy (non-hydrogen) atoms. The highest BCUT2D eigenvalue weighted by molar-refractivity contribution is 5.17. The van der Waals surface area contributed by atoms with E-state index in [1.54, 1.807) is 0 Å². The Morgan fingerprint density at radius 2 is 2.36 bits per heavy atom. The van der Waals surface area contributed by atoms with Crippen LogP contribution in [-0.2, 0) is 0 Å². The number of hydrogen-bond donors (Lipinski definition) is 1. The molecule has 1 aromatic rings. The molecule has 1 atom stereocenters. The summed E-state index contributed by atoms with van der Waals surface area (Å²) in [5, 5.41) is 7.14. The van der Waals surface area contributed by atoms with Crippen molar-refractivity contribution in [2.45, 2.75) is 19.4 Å². The number of aromatic nitrogens is 2. The Kier molecular flexibility index (Phi) is 2.43. The van der Waals surface area contributed by atoms with Crippen LogP contribution in [0.25, 0.3) is 0 Å². The van der Waals surface area contributed by atoms with Gasteiger partial charge >= 0.3 is 0 Å². The molecule has 1 rings (SSSR count). The van der Waals surface area contributed by atoms with E-state index < -0.39 is 0 Å². The molecule has 0 spiro atoms. The van der Waals surface area contributed by atoms with Gasteiger partial charge in [0.25, 0.3) is 5.88 Å². The highest BCUT2D eigenvalue weighted by Gasteiger charge is 2.15. The summed E-state index contributed by atoms with van der Waals surface area (Å²) in [6, 6.07) is -0.156. The molecule has 5 nitrogen and oxygen atoms in total. The fourth-order valence-corrected chi connectivity index (χ4v) is 0.749. The van der Waals surface area contributed by atoms with Crippen molar-refractivity contribution in [3.63, 3.8) is 0 Å². The molecule has 5 heteroatoms. The van der Waals surface area contributed by atoms with Crippen molar-refractivity contribution in [2.24, 2.45) is 5.73 Å². The second kappa shape index (κ2) is 3.34. The molecule has 1 aromatic heterocycles. The number of ether oxygens (including phenoxy) is 1. The molecule has 0 aliphatic carbocycles. The van der Waals surface area contributed by atoms with E-state index in [1.165, 1.54) is 7.11 Å². The second-order valence-electron chi connectivity index (χ2n) is 2.17. The first-order valence-electron chi connectivity index (χ1n) is 3.41. The fourth-order valence-electron chi connectivity index (χ4n) is 0.749. The summed E-state index contributed by atoms with van der Waals surface area (Å²) in [5.41, 5.74) is 6.25. The van der Waals surface area contributed by atoms with Gasteiger partial charge in [-0.05, 0) is 16.7 Å². The van der Waals surface area contributed by atoms with Crippen LogP contribution in [-0.4, -0.2) is 17.4 Å². The third kappa shape index (κ3) is 1.48. The van der Waals surface area contributed by atoms with Gasteiger partial charge in [-0.25, -0.2) is 4.63 Å². The minimum Gasteiger partial charge on any atom is -0.477 e. The minimum absolute atomic E-state index is 0.156. The first-order valence-corrected chi connectivity index (χ1v) is 3.41. The maximum absolute atomic E-state index is 5.67. The Morgan fingerprint density at radius 1 is 1.64 bits per heavy atom. The zero-order chi connectivity index (χ0) is 8.27. The van der Waals surface area contributed by atoms with Crippen molar-refractivity contribution in [1.82, 2.24) is 10.3 Å². The van der Waals surface area contributed by atoms with Gasteiger partial charge in [0.1, 0.15) is 0 Å². The zero-order valence-corrected chi connectivity index (χ0v) is 6.57. The van der Waals surface area contributed by atoms with Gasteiger partial charge in [0.15, 0.2) is 5.69 Å². The van der Waals surface area contributed by atoms with E-state index in [4.69, 9.17) is 10.5 Å². The van der Waals surface area contributed by atoms with E-state index in [0.29, 0.717) is 11.6 Å². The standard InChI is InChI=1S/C6H11N3O2/c1-3-4(7)5-6(10-2)9-11-8-5/h4H,3,7H2,1-2H3. The largest absolute Gasteiger partial charge is 0.477 e. The Hall–Kier alpha value is -1.10. The molecular weight excluding hydrogens is 146 g/mol. The fraction of sp³-hybridized carbons (Fsp3) is 0.667. The maximum Gasteiger partial charge on any atom is 0.280 e. The average Bonchev–Trinajstić information content (AvgIpc) is 2.50. The van der Waals surface area contributed by atoms with Crippen molar-refractivity contribution in [1.29, 1.82) is 0 Å². The molecule has 1 heterocycles. The summed E-state index contributed by atoms with van der Waals surface area (Å²) < 4.78 is 9.32. The molecule has 2 N–H and O–H groups in total. The van der Waals surface area contributed by atoms with Gasteiger partial charge < -0.3 is 10.5 Å². The van der Waals surface area contributed by atoms with Gasteiger partial charge in [-0.1, -0.05) is 6.92 Å². The lowest BCUT2D eigenvalue weighted by molar-refractivity contribution is 0.280. The molecule has 0 saturated carbocycles. The van der Waals surface area contributed by atoms with Crippen molar-refractivity contribution in [3.05, 3.63) is 5.69 Å². The van der Waals surface area contributed by atoms with E-state index >= 15 is 0 Å². The van der Waals surface area contributed by atoms with E-state index in [9.17, 15) is 0 Å². The summed E-state index contributed by atoms with van der Waals surface area (Å²) in [6.45, 7) is 1.96. The van der Waals surface area contributed by atoms with E-state index in [1.807, 2.05) is 6.92 Å². The first-order chi connectivity index (χ1) is 5.29. The molecule has 0 aromatic carbocycles. The SMILES string of the molecule is CCC(N)c1nonc1OC. The zero-order valence-electron chi connectivity index (χ0n) is 6.57. The number of rotatable bonds is 3. The Morgan fingerprint density at radius 3 is 2.91 bits per heavy atom. The smallest absolute Gasteiger partial charge is 0.280 e. The predicted octanol–water partition coefficient (Wildman–Crippen LogP) is 0.488. The Balaban J connectivity index is 2.83. The highest BCUT2D eigenvalue weighted by atomic mass is 16.6. The van der Waals surface area contributed by atoms with Crippen molar-refractivity contribution >= 4 is 0 Å². The molecule has 0 amide bonds. The first kappa shape index (κ1) is 8.00. The van der Waals surface area contributed by atoms with Crippen LogP contribution in [0, 0.1) is 0 Å². The number of methoxy groups -OCH3 is 1. The van der Waals surface area contributed by atoms with E-state index in [0.717, 1.165) is 6.42 Å². The summed E-state index contributed by atoms with van der Waals surface area (Å²) >= 11 is 0. The quantitative estimate of drug-likeness (QED) is 0.691. The van der Waals surface area contributed by atoms with Gasteiger partial charge in [0, 0.05) is 0 Å². The van der Waals surface area contributed by atoms with Crippen molar-refractivity contribution < 1.29 is 9.37 Å².